The summed E-state index contributed by atoms with van der Waals surface area (Å²) in [6, 6.07) is 22.1. The molecule has 0 bridgehead atoms. The van der Waals surface area contributed by atoms with Crippen molar-refractivity contribution < 1.29 is 25.6 Å². The minimum atomic E-state index is -3.92. The van der Waals surface area contributed by atoms with Crippen LogP contribution in [0.25, 0.3) is 11.1 Å². The van der Waals surface area contributed by atoms with Gasteiger partial charge < -0.3 is 0 Å². The van der Waals surface area contributed by atoms with Gasteiger partial charge >= 0.3 is 0 Å². The number of hydrogen-bond acceptors (Lipinski definition) is 4. The van der Waals surface area contributed by atoms with E-state index in [-0.39, 0.29) is 21.2 Å². The zero-order chi connectivity index (χ0) is 24.3. The zero-order valence-electron chi connectivity index (χ0n) is 17.4. The average molecular weight is 501 g/mol. The van der Waals surface area contributed by atoms with Crippen molar-refractivity contribution in [2.75, 3.05) is 9.44 Å². The Morgan fingerprint density at radius 1 is 0.500 bits per heavy atom. The van der Waals surface area contributed by atoms with Gasteiger partial charge in [0.1, 0.15) is 11.6 Å². The Hall–Kier alpha value is -3.76. The molecule has 0 saturated heterocycles. The van der Waals surface area contributed by atoms with E-state index in [2.05, 4.69) is 9.44 Å². The Kier molecular flexibility index (Phi) is 6.36. The van der Waals surface area contributed by atoms with Crippen LogP contribution in [0.3, 0.4) is 0 Å². The molecule has 4 rings (SSSR count). The summed E-state index contributed by atoms with van der Waals surface area (Å²) in [7, 11) is -7.84. The fourth-order valence-electron chi connectivity index (χ4n) is 3.19. The second-order valence-corrected chi connectivity index (χ2v) is 10.6. The molecular formula is C24H18F2N2O4S2. The molecule has 0 aliphatic carbocycles. The fraction of sp³-hybridized carbons (Fsp3) is 0. The van der Waals surface area contributed by atoms with Crippen molar-refractivity contribution in [3.8, 4) is 11.1 Å². The molecule has 0 atom stereocenters. The van der Waals surface area contributed by atoms with Gasteiger partial charge in [-0.3, -0.25) is 9.44 Å². The lowest BCUT2D eigenvalue weighted by Crippen LogP contribution is -2.13. The summed E-state index contributed by atoms with van der Waals surface area (Å²) in [5, 5.41) is 0. The van der Waals surface area contributed by atoms with Crippen LogP contribution in [0, 0.1) is 11.6 Å². The number of sulfonamides is 2. The van der Waals surface area contributed by atoms with Crippen LogP contribution in [0.1, 0.15) is 0 Å². The molecule has 4 aromatic carbocycles. The van der Waals surface area contributed by atoms with E-state index in [0.29, 0.717) is 11.1 Å². The number of nitrogens with one attached hydrogen (secondary N) is 2. The number of benzene rings is 4. The van der Waals surface area contributed by atoms with Crippen molar-refractivity contribution in [3.05, 3.63) is 109 Å². The Morgan fingerprint density at radius 2 is 0.853 bits per heavy atom. The van der Waals surface area contributed by atoms with Crippen molar-refractivity contribution in [3.63, 3.8) is 0 Å². The minimum absolute atomic E-state index is 0.0148. The zero-order valence-corrected chi connectivity index (χ0v) is 19.1. The monoisotopic (exact) mass is 500 g/mol. The first-order valence-electron chi connectivity index (χ1n) is 9.90. The molecule has 2 N–H and O–H groups in total. The molecule has 0 fully saturated rings. The lowest BCUT2D eigenvalue weighted by Gasteiger charge is -2.10. The van der Waals surface area contributed by atoms with Crippen molar-refractivity contribution in [2.24, 2.45) is 0 Å². The highest BCUT2D eigenvalue weighted by atomic mass is 32.2. The van der Waals surface area contributed by atoms with E-state index in [9.17, 15) is 25.6 Å². The molecule has 0 aromatic heterocycles. The van der Waals surface area contributed by atoms with Gasteiger partial charge in [0.15, 0.2) is 0 Å². The molecule has 0 spiro atoms. The van der Waals surface area contributed by atoms with Crippen LogP contribution < -0.4 is 9.44 Å². The van der Waals surface area contributed by atoms with Gasteiger partial charge in [0.25, 0.3) is 20.0 Å². The molecule has 174 valence electrons. The van der Waals surface area contributed by atoms with Crippen LogP contribution in [-0.4, -0.2) is 16.8 Å². The quantitative estimate of drug-likeness (QED) is 0.363. The maximum absolute atomic E-state index is 13.3. The second kappa shape index (κ2) is 9.24. The van der Waals surface area contributed by atoms with E-state index in [1.165, 1.54) is 60.7 Å². The van der Waals surface area contributed by atoms with Gasteiger partial charge in [-0.25, -0.2) is 25.6 Å². The molecule has 0 radical (unpaired) electrons. The summed E-state index contributed by atoms with van der Waals surface area (Å²) in [6.45, 7) is 0. The van der Waals surface area contributed by atoms with Crippen LogP contribution >= 0.6 is 0 Å². The third-order valence-electron chi connectivity index (χ3n) is 4.82. The molecule has 0 aliphatic heterocycles. The standard InChI is InChI=1S/C24H18F2N2O4S2/c25-19-3-1-5-21(15-19)27-33(29,30)23-11-7-17(8-12-23)18-9-13-24(14-10-18)34(31,32)28-22-6-2-4-20(26)16-22/h1-16,27-28H. The largest absolute Gasteiger partial charge is 0.280 e. The van der Waals surface area contributed by atoms with Gasteiger partial charge in [-0.15, -0.1) is 0 Å². The van der Waals surface area contributed by atoms with Crippen LogP contribution in [0.5, 0.6) is 0 Å². The third kappa shape index (κ3) is 5.41. The van der Waals surface area contributed by atoms with Gasteiger partial charge in [-0.1, -0.05) is 36.4 Å². The smallest absolute Gasteiger partial charge is 0.261 e. The predicted octanol–water partition coefficient (Wildman–Crippen LogP) is 5.23. The van der Waals surface area contributed by atoms with Crippen LogP contribution in [0.2, 0.25) is 0 Å². The van der Waals surface area contributed by atoms with Crippen LogP contribution in [0.4, 0.5) is 20.2 Å². The summed E-state index contributed by atoms with van der Waals surface area (Å²) >= 11 is 0. The van der Waals surface area contributed by atoms with Crippen molar-refractivity contribution in [1.82, 2.24) is 0 Å². The van der Waals surface area contributed by atoms with Gasteiger partial charge in [0, 0.05) is 0 Å². The maximum atomic E-state index is 13.3. The molecular weight excluding hydrogens is 482 g/mol. The Balaban J connectivity index is 1.51. The van der Waals surface area contributed by atoms with E-state index in [0.717, 1.165) is 12.1 Å². The summed E-state index contributed by atoms with van der Waals surface area (Å²) in [6.07, 6.45) is 0. The molecule has 0 amide bonds. The SMILES string of the molecule is O=S(=O)(Nc1cccc(F)c1)c1ccc(-c2ccc(S(=O)(=O)Nc3cccc(F)c3)cc2)cc1. The lowest BCUT2D eigenvalue weighted by molar-refractivity contribution is 0.599. The normalized spacial score (nSPS) is 11.7. The molecule has 6 nitrogen and oxygen atoms in total. The fourth-order valence-corrected chi connectivity index (χ4v) is 5.28. The number of rotatable bonds is 7. The van der Waals surface area contributed by atoms with Crippen molar-refractivity contribution >= 4 is 31.4 Å². The number of hydrogen-bond donors (Lipinski definition) is 2. The molecule has 0 aliphatic rings. The summed E-state index contributed by atoms with van der Waals surface area (Å²) in [4.78, 5) is -0.0296. The number of anilines is 2. The van der Waals surface area contributed by atoms with E-state index in [4.69, 9.17) is 0 Å². The first kappa shape index (κ1) is 23.4. The third-order valence-corrected chi connectivity index (χ3v) is 7.61. The highest BCUT2D eigenvalue weighted by Gasteiger charge is 2.16. The van der Waals surface area contributed by atoms with E-state index < -0.39 is 31.7 Å². The van der Waals surface area contributed by atoms with Crippen molar-refractivity contribution in [1.29, 1.82) is 0 Å². The summed E-state index contributed by atoms with van der Waals surface area (Å²) in [5.74, 6) is -1.13. The molecule has 4 aromatic rings. The number of halogens is 2. The lowest BCUT2D eigenvalue weighted by atomic mass is 10.1. The second-order valence-electron chi connectivity index (χ2n) is 7.28. The van der Waals surface area contributed by atoms with E-state index in [1.54, 1.807) is 24.3 Å². The Morgan fingerprint density at radius 3 is 1.18 bits per heavy atom. The van der Waals surface area contributed by atoms with Gasteiger partial charge in [-0.05, 0) is 71.8 Å². The molecule has 34 heavy (non-hydrogen) atoms. The van der Waals surface area contributed by atoms with E-state index in [1.807, 2.05) is 0 Å². The average Bonchev–Trinajstić information content (AvgIpc) is 2.79. The Bertz CT molecular complexity index is 1420. The van der Waals surface area contributed by atoms with Crippen molar-refractivity contribution in [2.45, 2.75) is 9.79 Å². The predicted molar refractivity (Wildman–Crippen MR) is 126 cm³/mol. The molecule has 10 heteroatoms. The van der Waals surface area contributed by atoms with Gasteiger partial charge in [-0.2, -0.15) is 0 Å². The highest BCUT2D eigenvalue weighted by molar-refractivity contribution is 7.93. The van der Waals surface area contributed by atoms with E-state index >= 15 is 0 Å². The molecule has 0 heterocycles. The molecule has 0 saturated carbocycles. The summed E-state index contributed by atoms with van der Waals surface area (Å²) in [5.41, 5.74) is 1.53. The molecule has 0 unspecified atom stereocenters. The van der Waals surface area contributed by atoms with Crippen LogP contribution in [-0.2, 0) is 20.0 Å². The first-order valence-corrected chi connectivity index (χ1v) is 12.9. The first-order chi connectivity index (χ1) is 16.1. The highest BCUT2D eigenvalue weighted by Crippen LogP contribution is 2.25. The van der Waals surface area contributed by atoms with Gasteiger partial charge in [0.2, 0.25) is 0 Å². The van der Waals surface area contributed by atoms with Gasteiger partial charge in [0.05, 0.1) is 21.2 Å². The maximum Gasteiger partial charge on any atom is 0.261 e. The Labute approximate surface area is 196 Å². The minimum Gasteiger partial charge on any atom is -0.280 e. The van der Waals surface area contributed by atoms with Crippen LogP contribution in [0.15, 0.2) is 107 Å². The summed E-state index contributed by atoms with van der Waals surface area (Å²) < 4.78 is 81.5. The topological polar surface area (TPSA) is 92.3 Å².